The third-order valence-corrected chi connectivity index (χ3v) is 5.20. The van der Waals surface area contributed by atoms with Crippen LogP contribution in [0, 0.1) is 0 Å². The number of hydrogen-bond donors (Lipinski definition) is 2. The summed E-state index contributed by atoms with van der Waals surface area (Å²) < 4.78 is 0. The van der Waals surface area contributed by atoms with Gasteiger partial charge < -0.3 is 10.8 Å². The van der Waals surface area contributed by atoms with E-state index in [2.05, 4.69) is 14.9 Å². The van der Waals surface area contributed by atoms with E-state index in [1.807, 2.05) is 54.6 Å². The third kappa shape index (κ3) is 3.54. The summed E-state index contributed by atoms with van der Waals surface area (Å²) >= 11 is 0. The van der Waals surface area contributed by atoms with Gasteiger partial charge in [0.1, 0.15) is 11.6 Å². The molecule has 5 nitrogen and oxygen atoms in total. The van der Waals surface area contributed by atoms with Crippen LogP contribution < -0.4 is 5.73 Å². The topological polar surface area (TPSA) is 75.3 Å². The molecule has 0 bridgehead atoms. The van der Waals surface area contributed by atoms with Gasteiger partial charge in [0.2, 0.25) is 0 Å². The summed E-state index contributed by atoms with van der Waals surface area (Å²) in [5, 5.41) is 11.5. The number of benzene rings is 2. The summed E-state index contributed by atoms with van der Waals surface area (Å²) in [7, 11) is 0. The van der Waals surface area contributed by atoms with Crippen LogP contribution in [0.15, 0.2) is 54.6 Å². The lowest BCUT2D eigenvalue weighted by Crippen LogP contribution is -2.31. The zero-order valence-electron chi connectivity index (χ0n) is 14.8. The SMILES string of the molecule is Nc1nc(CN2CCCC2CC(O)c2ccccc2)nc2ccccc12. The Balaban J connectivity index is 1.49. The molecule has 0 saturated carbocycles. The molecule has 0 amide bonds. The number of aromatic nitrogens is 2. The highest BCUT2D eigenvalue weighted by molar-refractivity contribution is 5.87. The van der Waals surface area contributed by atoms with Crippen molar-refractivity contribution in [3.05, 3.63) is 66.0 Å². The monoisotopic (exact) mass is 348 g/mol. The second-order valence-corrected chi connectivity index (χ2v) is 6.97. The zero-order chi connectivity index (χ0) is 17.9. The molecule has 5 heteroatoms. The van der Waals surface area contributed by atoms with Gasteiger partial charge in [-0.05, 0) is 43.5 Å². The first-order valence-electron chi connectivity index (χ1n) is 9.19. The van der Waals surface area contributed by atoms with E-state index in [0.717, 1.165) is 48.1 Å². The largest absolute Gasteiger partial charge is 0.388 e. The molecule has 1 aromatic heterocycles. The molecule has 2 unspecified atom stereocenters. The van der Waals surface area contributed by atoms with Crippen LogP contribution in [-0.2, 0) is 6.54 Å². The maximum Gasteiger partial charge on any atom is 0.145 e. The van der Waals surface area contributed by atoms with E-state index in [1.165, 1.54) is 0 Å². The number of nitrogen functional groups attached to an aromatic ring is 1. The summed E-state index contributed by atoms with van der Waals surface area (Å²) in [6, 6.07) is 18.0. The molecular formula is C21H24N4O. The second-order valence-electron chi connectivity index (χ2n) is 6.97. The fourth-order valence-corrected chi connectivity index (χ4v) is 3.84. The Morgan fingerprint density at radius 1 is 1.08 bits per heavy atom. The Kier molecular flexibility index (Phi) is 4.82. The molecular weight excluding hydrogens is 324 g/mol. The molecule has 3 N–H and O–H groups in total. The van der Waals surface area contributed by atoms with Gasteiger partial charge in [-0.15, -0.1) is 0 Å². The molecule has 4 rings (SSSR count). The number of aliphatic hydroxyl groups excluding tert-OH is 1. The highest BCUT2D eigenvalue weighted by atomic mass is 16.3. The van der Waals surface area contributed by atoms with E-state index in [1.54, 1.807) is 0 Å². The lowest BCUT2D eigenvalue weighted by Gasteiger charge is -2.26. The van der Waals surface area contributed by atoms with Crippen LogP contribution in [0.2, 0.25) is 0 Å². The van der Waals surface area contributed by atoms with Crippen LogP contribution in [0.3, 0.4) is 0 Å². The first kappa shape index (κ1) is 16.9. The van der Waals surface area contributed by atoms with Crippen LogP contribution in [-0.4, -0.2) is 32.6 Å². The normalized spacial score (nSPS) is 19.0. The Hall–Kier alpha value is -2.50. The number of aliphatic hydroxyl groups is 1. The molecule has 0 aliphatic carbocycles. The number of para-hydroxylation sites is 1. The second kappa shape index (κ2) is 7.40. The summed E-state index contributed by atoms with van der Waals surface area (Å²) in [6.45, 7) is 1.67. The molecule has 2 heterocycles. The van der Waals surface area contributed by atoms with Gasteiger partial charge in [-0.1, -0.05) is 42.5 Å². The van der Waals surface area contributed by atoms with Crippen molar-refractivity contribution in [1.29, 1.82) is 0 Å². The smallest absolute Gasteiger partial charge is 0.145 e. The van der Waals surface area contributed by atoms with Crippen molar-refractivity contribution >= 4 is 16.7 Å². The minimum Gasteiger partial charge on any atom is -0.388 e. The fraction of sp³-hybridized carbons (Fsp3) is 0.333. The van der Waals surface area contributed by atoms with Crippen molar-refractivity contribution in [3.63, 3.8) is 0 Å². The zero-order valence-corrected chi connectivity index (χ0v) is 14.8. The van der Waals surface area contributed by atoms with Crippen LogP contribution >= 0.6 is 0 Å². The van der Waals surface area contributed by atoms with Crippen molar-refractivity contribution in [2.45, 2.75) is 38.0 Å². The number of nitrogens with zero attached hydrogens (tertiary/aromatic N) is 3. The number of rotatable bonds is 5. The summed E-state index contributed by atoms with van der Waals surface area (Å²) in [5.74, 6) is 1.29. The summed E-state index contributed by atoms with van der Waals surface area (Å²) in [5.41, 5.74) is 7.97. The lowest BCUT2D eigenvalue weighted by molar-refractivity contribution is 0.117. The minimum atomic E-state index is -0.440. The summed E-state index contributed by atoms with van der Waals surface area (Å²) in [6.07, 6.45) is 2.51. The number of fused-ring (bicyclic) bond motifs is 1. The van der Waals surface area contributed by atoms with Crippen molar-refractivity contribution in [2.75, 3.05) is 12.3 Å². The Bertz CT molecular complexity index is 884. The van der Waals surface area contributed by atoms with Gasteiger partial charge in [-0.2, -0.15) is 0 Å². The van der Waals surface area contributed by atoms with Crippen LogP contribution in [0.25, 0.3) is 10.9 Å². The molecule has 134 valence electrons. The highest BCUT2D eigenvalue weighted by Gasteiger charge is 2.28. The molecule has 3 aromatic rings. The standard InChI is InChI=1S/C21H24N4O/c22-21-17-10-4-5-11-18(17)23-20(24-21)14-25-12-6-9-16(25)13-19(26)15-7-2-1-3-8-15/h1-5,7-8,10-11,16,19,26H,6,9,12-14H2,(H2,22,23,24). The molecule has 0 spiro atoms. The quantitative estimate of drug-likeness (QED) is 0.740. The van der Waals surface area contributed by atoms with Gasteiger partial charge >= 0.3 is 0 Å². The predicted octanol–water partition coefficient (Wildman–Crippen LogP) is 3.30. The van der Waals surface area contributed by atoms with Crippen molar-refractivity contribution < 1.29 is 5.11 Å². The Labute approximate surface area is 153 Å². The van der Waals surface area contributed by atoms with Crippen LogP contribution in [0.4, 0.5) is 5.82 Å². The average molecular weight is 348 g/mol. The molecule has 2 atom stereocenters. The maximum atomic E-state index is 10.6. The van der Waals surface area contributed by atoms with Crippen molar-refractivity contribution in [1.82, 2.24) is 14.9 Å². The van der Waals surface area contributed by atoms with E-state index < -0.39 is 6.10 Å². The van der Waals surface area contributed by atoms with Crippen LogP contribution in [0.1, 0.15) is 36.8 Å². The number of nitrogens with two attached hydrogens (primary N) is 1. The number of anilines is 1. The van der Waals surface area contributed by atoms with Crippen LogP contribution in [0.5, 0.6) is 0 Å². The molecule has 2 aromatic carbocycles. The molecule has 1 saturated heterocycles. The van der Waals surface area contributed by atoms with Gasteiger partial charge in [0.25, 0.3) is 0 Å². The first-order valence-corrected chi connectivity index (χ1v) is 9.19. The molecule has 1 fully saturated rings. The lowest BCUT2D eigenvalue weighted by atomic mass is 10.0. The number of likely N-dealkylation sites (tertiary alicyclic amines) is 1. The van der Waals surface area contributed by atoms with E-state index in [4.69, 9.17) is 5.73 Å². The third-order valence-electron chi connectivity index (χ3n) is 5.20. The first-order chi connectivity index (χ1) is 12.7. The van der Waals surface area contributed by atoms with E-state index in [0.29, 0.717) is 18.4 Å². The van der Waals surface area contributed by atoms with Gasteiger partial charge in [0.15, 0.2) is 0 Å². The van der Waals surface area contributed by atoms with Gasteiger partial charge in [-0.3, -0.25) is 4.90 Å². The minimum absolute atomic E-state index is 0.335. The van der Waals surface area contributed by atoms with E-state index >= 15 is 0 Å². The Morgan fingerprint density at radius 3 is 2.69 bits per heavy atom. The average Bonchev–Trinajstić information content (AvgIpc) is 3.09. The van der Waals surface area contributed by atoms with Gasteiger partial charge in [-0.25, -0.2) is 9.97 Å². The van der Waals surface area contributed by atoms with Gasteiger partial charge in [0, 0.05) is 11.4 Å². The van der Waals surface area contributed by atoms with Crippen molar-refractivity contribution in [3.8, 4) is 0 Å². The number of hydrogen-bond acceptors (Lipinski definition) is 5. The molecule has 26 heavy (non-hydrogen) atoms. The van der Waals surface area contributed by atoms with Crippen molar-refractivity contribution in [2.24, 2.45) is 0 Å². The molecule has 0 radical (unpaired) electrons. The fourth-order valence-electron chi connectivity index (χ4n) is 3.84. The van der Waals surface area contributed by atoms with Gasteiger partial charge in [0.05, 0.1) is 18.2 Å². The highest BCUT2D eigenvalue weighted by Crippen LogP contribution is 2.28. The van der Waals surface area contributed by atoms with E-state index in [-0.39, 0.29) is 0 Å². The summed E-state index contributed by atoms with van der Waals surface area (Å²) in [4.78, 5) is 11.5. The Morgan fingerprint density at radius 2 is 1.85 bits per heavy atom. The van der Waals surface area contributed by atoms with E-state index in [9.17, 15) is 5.11 Å². The molecule has 1 aliphatic rings. The molecule has 1 aliphatic heterocycles. The predicted molar refractivity (Wildman–Crippen MR) is 103 cm³/mol. The maximum absolute atomic E-state index is 10.6.